The van der Waals surface area contributed by atoms with Gasteiger partial charge in [0.05, 0.1) is 36.9 Å². The summed E-state index contributed by atoms with van der Waals surface area (Å²) in [4.78, 5) is 26.2. The zero-order valence-corrected chi connectivity index (χ0v) is 29.3. The summed E-state index contributed by atoms with van der Waals surface area (Å²) in [5, 5.41) is 0. The van der Waals surface area contributed by atoms with E-state index in [-0.39, 0.29) is 11.3 Å². The van der Waals surface area contributed by atoms with Crippen molar-refractivity contribution in [2.24, 2.45) is 0 Å². The number of rotatable bonds is 15. The summed E-state index contributed by atoms with van der Waals surface area (Å²) in [6, 6.07) is 24.6. The van der Waals surface area contributed by atoms with E-state index in [2.05, 4.69) is 69.0 Å². The predicted molar refractivity (Wildman–Crippen MR) is 193 cm³/mol. The minimum atomic E-state index is -0.129. The normalized spacial score (nSPS) is 18.6. The highest BCUT2D eigenvalue weighted by atomic mass is 16.5. The molecule has 0 aliphatic carbocycles. The maximum Gasteiger partial charge on any atom is 0.257 e. The highest BCUT2D eigenvalue weighted by Gasteiger charge is 2.42. The molecule has 49 heavy (non-hydrogen) atoms. The summed E-state index contributed by atoms with van der Waals surface area (Å²) in [5.74, 6) is 2.21. The van der Waals surface area contributed by atoms with Gasteiger partial charge in [-0.15, -0.1) is 0 Å². The molecule has 1 aromatic heterocycles. The van der Waals surface area contributed by atoms with Gasteiger partial charge >= 0.3 is 0 Å². The molecular formula is C39H51N5O5. The van der Waals surface area contributed by atoms with Gasteiger partial charge < -0.3 is 38.2 Å². The van der Waals surface area contributed by atoms with E-state index in [1.165, 1.54) is 5.56 Å². The number of fused-ring (bicyclic) bond motifs is 1. The maximum atomic E-state index is 14.1. The molecule has 2 aliphatic heterocycles. The SMILES string of the molecule is CCOCCn1c(N2CCCN(CCC3(c4ccccc4)CCN(C(=O)c4cc(OCCOC)ccc4OC)C3)CC2)nc2ccccc21. The Balaban J connectivity index is 1.15. The summed E-state index contributed by atoms with van der Waals surface area (Å²) in [6.07, 6.45) is 2.96. The smallest absolute Gasteiger partial charge is 0.257 e. The second-order valence-electron chi connectivity index (χ2n) is 13.0. The first-order valence-corrected chi connectivity index (χ1v) is 17.7. The largest absolute Gasteiger partial charge is 0.496 e. The molecule has 1 atom stereocenters. The molecule has 0 N–H and O–H groups in total. The molecule has 0 saturated carbocycles. The van der Waals surface area contributed by atoms with Crippen molar-refractivity contribution in [3.8, 4) is 11.5 Å². The lowest BCUT2D eigenvalue weighted by molar-refractivity contribution is 0.0776. The van der Waals surface area contributed by atoms with Crippen molar-refractivity contribution in [1.82, 2.24) is 19.4 Å². The second-order valence-corrected chi connectivity index (χ2v) is 13.0. The summed E-state index contributed by atoms with van der Waals surface area (Å²) in [5.41, 5.74) is 3.89. The van der Waals surface area contributed by atoms with E-state index in [4.69, 9.17) is 23.9 Å². The molecule has 2 fully saturated rings. The molecule has 10 heteroatoms. The first-order chi connectivity index (χ1) is 24.0. The zero-order valence-electron chi connectivity index (χ0n) is 29.3. The van der Waals surface area contributed by atoms with Gasteiger partial charge in [-0.1, -0.05) is 42.5 Å². The van der Waals surface area contributed by atoms with Gasteiger partial charge in [0.2, 0.25) is 5.95 Å². The molecule has 0 spiro atoms. The molecular weight excluding hydrogens is 618 g/mol. The Morgan fingerprint density at radius 2 is 1.71 bits per heavy atom. The standard InChI is InChI=1S/C39H51N5O5/c1-4-48-26-25-44-35-14-9-8-13-34(35)40-38(44)42-20-10-19-41(23-24-42)21-17-39(31-11-6-5-7-12-31)18-22-43(30-39)37(45)33-29-32(49-28-27-46-2)15-16-36(33)47-3/h5-9,11-16,29H,4,10,17-28,30H2,1-3H3. The average molecular weight is 670 g/mol. The molecule has 2 aliphatic rings. The number of benzene rings is 3. The van der Waals surface area contributed by atoms with E-state index in [0.29, 0.717) is 56.6 Å². The number of carbonyl (C=O) groups excluding carboxylic acids is 1. The predicted octanol–water partition coefficient (Wildman–Crippen LogP) is 5.49. The molecule has 3 aromatic carbocycles. The number of aromatic nitrogens is 2. The number of nitrogens with zero attached hydrogens (tertiary/aromatic N) is 5. The van der Waals surface area contributed by atoms with Gasteiger partial charge in [-0.2, -0.15) is 0 Å². The van der Waals surface area contributed by atoms with Crippen LogP contribution in [0.1, 0.15) is 42.1 Å². The van der Waals surface area contributed by atoms with Crippen LogP contribution in [0.25, 0.3) is 11.0 Å². The van der Waals surface area contributed by atoms with Gasteiger partial charge in [0.25, 0.3) is 5.91 Å². The van der Waals surface area contributed by atoms with E-state index < -0.39 is 0 Å². The number of hydrogen-bond acceptors (Lipinski definition) is 8. The summed E-state index contributed by atoms with van der Waals surface area (Å²) < 4.78 is 24.6. The van der Waals surface area contributed by atoms with Crippen LogP contribution in [0.15, 0.2) is 72.8 Å². The fourth-order valence-corrected chi connectivity index (χ4v) is 7.37. The van der Waals surface area contributed by atoms with Gasteiger partial charge in [0, 0.05) is 58.4 Å². The van der Waals surface area contributed by atoms with Crippen LogP contribution in [0.5, 0.6) is 11.5 Å². The molecule has 0 bridgehead atoms. The van der Waals surface area contributed by atoms with Crippen LogP contribution in [0.4, 0.5) is 5.95 Å². The number of amides is 1. The lowest BCUT2D eigenvalue weighted by atomic mass is 9.76. The van der Waals surface area contributed by atoms with Crippen LogP contribution in [-0.4, -0.2) is 112 Å². The third-order valence-electron chi connectivity index (χ3n) is 10.1. The van der Waals surface area contributed by atoms with Gasteiger partial charge in [0.1, 0.15) is 18.1 Å². The number of imidazole rings is 1. The number of anilines is 1. The Hall–Kier alpha value is -4.12. The number of likely N-dealkylation sites (tertiary alicyclic amines) is 1. The third kappa shape index (κ3) is 8.03. The molecule has 6 rings (SSSR count). The van der Waals surface area contributed by atoms with Crippen molar-refractivity contribution >= 4 is 22.9 Å². The Bertz CT molecular complexity index is 1660. The maximum absolute atomic E-state index is 14.1. The van der Waals surface area contributed by atoms with E-state index >= 15 is 0 Å². The van der Waals surface area contributed by atoms with E-state index in [9.17, 15) is 4.79 Å². The van der Waals surface area contributed by atoms with Crippen molar-refractivity contribution < 1.29 is 23.7 Å². The van der Waals surface area contributed by atoms with Crippen LogP contribution in [-0.2, 0) is 21.4 Å². The van der Waals surface area contributed by atoms with Crippen molar-refractivity contribution in [2.45, 2.75) is 38.1 Å². The van der Waals surface area contributed by atoms with Crippen LogP contribution in [0.2, 0.25) is 0 Å². The topological polar surface area (TPSA) is 81.5 Å². The lowest BCUT2D eigenvalue weighted by Gasteiger charge is -2.33. The van der Waals surface area contributed by atoms with Crippen molar-refractivity contribution in [1.29, 1.82) is 0 Å². The highest BCUT2D eigenvalue weighted by Crippen LogP contribution is 2.39. The van der Waals surface area contributed by atoms with Gasteiger partial charge in [0.15, 0.2) is 0 Å². The number of ether oxygens (including phenoxy) is 4. The molecule has 4 aromatic rings. The van der Waals surface area contributed by atoms with Gasteiger partial charge in [-0.25, -0.2) is 4.98 Å². The lowest BCUT2D eigenvalue weighted by Crippen LogP contribution is -2.39. The van der Waals surface area contributed by atoms with Crippen LogP contribution < -0.4 is 14.4 Å². The summed E-state index contributed by atoms with van der Waals surface area (Å²) in [6.45, 7) is 11.3. The minimum Gasteiger partial charge on any atom is -0.496 e. The second kappa shape index (κ2) is 16.5. The number of para-hydroxylation sites is 2. The quantitative estimate of drug-likeness (QED) is 0.154. The van der Waals surface area contributed by atoms with Crippen molar-refractivity contribution in [2.75, 3.05) is 91.4 Å². The van der Waals surface area contributed by atoms with Crippen LogP contribution in [0, 0.1) is 0 Å². The zero-order chi connectivity index (χ0) is 34.1. The highest BCUT2D eigenvalue weighted by molar-refractivity contribution is 5.97. The molecule has 0 radical (unpaired) electrons. The number of hydrogen-bond donors (Lipinski definition) is 0. The molecule has 1 unspecified atom stereocenters. The van der Waals surface area contributed by atoms with Crippen LogP contribution in [0.3, 0.4) is 0 Å². The molecule has 10 nitrogen and oxygen atoms in total. The Morgan fingerprint density at radius 3 is 2.53 bits per heavy atom. The van der Waals surface area contributed by atoms with E-state index in [1.54, 1.807) is 20.3 Å². The third-order valence-corrected chi connectivity index (χ3v) is 10.1. The number of methoxy groups -OCH3 is 2. The molecule has 3 heterocycles. The van der Waals surface area contributed by atoms with Gasteiger partial charge in [-0.3, -0.25) is 4.79 Å². The Kier molecular flexibility index (Phi) is 11.7. The first kappa shape index (κ1) is 34.7. The average Bonchev–Trinajstić information content (AvgIpc) is 3.66. The molecule has 1 amide bonds. The molecule has 2 saturated heterocycles. The van der Waals surface area contributed by atoms with Crippen molar-refractivity contribution in [3.63, 3.8) is 0 Å². The summed E-state index contributed by atoms with van der Waals surface area (Å²) in [7, 11) is 3.25. The summed E-state index contributed by atoms with van der Waals surface area (Å²) >= 11 is 0. The fourth-order valence-electron chi connectivity index (χ4n) is 7.37. The van der Waals surface area contributed by atoms with Crippen molar-refractivity contribution in [3.05, 3.63) is 83.9 Å². The minimum absolute atomic E-state index is 0.0236. The number of carbonyl (C=O) groups is 1. The Labute approximate surface area is 290 Å². The van der Waals surface area contributed by atoms with Gasteiger partial charge in [-0.05, 0) is 75.2 Å². The van der Waals surface area contributed by atoms with Crippen LogP contribution >= 0.6 is 0 Å². The Morgan fingerprint density at radius 1 is 0.878 bits per heavy atom. The monoisotopic (exact) mass is 669 g/mol. The molecule has 262 valence electrons. The fraction of sp³-hybridized carbons (Fsp3) is 0.487. The first-order valence-electron chi connectivity index (χ1n) is 17.7. The van der Waals surface area contributed by atoms with E-state index in [0.717, 1.165) is 75.5 Å². The van der Waals surface area contributed by atoms with E-state index in [1.807, 2.05) is 24.0 Å².